The molecule has 6 aromatic carbocycles. The fraction of sp³-hybridized carbons (Fsp3) is 0.320. The molecule has 0 radical (unpaired) electrons. The lowest BCUT2D eigenvalue weighted by Gasteiger charge is -2.46. The van der Waals surface area contributed by atoms with Gasteiger partial charge in [-0.2, -0.15) is 0 Å². The van der Waals surface area contributed by atoms with Crippen molar-refractivity contribution >= 4 is 57.4 Å². The van der Waals surface area contributed by atoms with Gasteiger partial charge in [-0.15, -0.1) is 0 Å². The molecule has 1 aliphatic carbocycles. The minimum atomic E-state index is -0.138. The molecule has 2 nitrogen and oxygen atoms in total. The lowest BCUT2D eigenvalue weighted by Crippen LogP contribution is -2.45. The number of benzene rings is 6. The maximum absolute atomic E-state index is 3.96. The average Bonchev–Trinajstić information content (AvgIpc) is 3.15. The van der Waals surface area contributed by atoms with Gasteiger partial charge in [0.2, 0.25) is 0 Å². The van der Waals surface area contributed by atoms with Gasteiger partial charge in [0.05, 0.1) is 5.69 Å². The monoisotopic (exact) mass is 692 g/mol. The van der Waals surface area contributed by atoms with Gasteiger partial charge in [-0.1, -0.05) is 140 Å². The summed E-state index contributed by atoms with van der Waals surface area (Å²) in [5.41, 5.74) is 19.3. The first-order chi connectivity index (χ1) is 25.5. The third-order valence-corrected chi connectivity index (χ3v) is 13.1. The molecule has 0 atom stereocenters. The molecule has 0 saturated carbocycles. The van der Waals surface area contributed by atoms with Crippen molar-refractivity contribution in [2.24, 2.45) is 0 Å². The summed E-state index contributed by atoms with van der Waals surface area (Å²) in [5, 5.41) is 6.62. The number of hydrogen-bond acceptors (Lipinski definition) is 2. The first-order valence-electron chi connectivity index (χ1n) is 20.1. The van der Waals surface area contributed by atoms with E-state index in [1.165, 1.54) is 115 Å². The fourth-order valence-electron chi connectivity index (χ4n) is 9.98. The van der Waals surface area contributed by atoms with Crippen molar-refractivity contribution < 1.29 is 0 Å². The normalized spacial score (nSPS) is 16.9. The van der Waals surface area contributed by atoms with Crippen LogP contribution in [-0.2, 0) is 22.7 Å². The predicted molar refractivity (Wildman–Crippen MR) is 231 cm³/mol. The summed E-state index contributed by atoms with van der Waals surface area (Å²) < 4.78 is 0. The van der Waals surface area contributed by atoms with Gasteiger partial charge in [0.15, 0.2) is 7.28 Å². The quantitative estimate of drug-likeness (QED) is 0.132. The summed E-state index contributed by atoms with van der Waals surface area (Å²) in [6.45, 7) is 17.0. The Labute approximate surface area is 317 Å². The Morgan fingerprint density at radius 3 is 2.17 bits per heavy atom. The van der Waals surface area contributed by atoms with Gasteiger partial charge < -0.3 is 10.2 Å². The van der Waals surface area contributed by atoms with Crippen LogP contribution < -0.4 is 21.1 Å². The number of anilines is 5. The zero-order chi connectivity index (χ0) is 36.7. The van der Waals surface area contributed by atoms with Crippen molar-refractivity contribution in [3.05, 3.63) is 137 Å². The minimum Gasteiger partial charge on any atom is -0.355 e. The number of unbranched alkanes of at least 4 members (excludes halogenated alkanes) is 2. The number of fused-ring (bicyclic) bond motifs is 7. The van der Waals surface area contributed by atoms with Gasteiger partial charge >= 0.3 is 0 Å². The van der Waals surface area contributed by atoms with Gasteiger partial charge in [-0.05, 0) is 123 Å². The smallest absolute Gasteiger partial charge is 0.198 e. The largest absolute Gasteiger partial charge is 0.355 e. The lowest BCUT2D eigenvalue weighted by atomic mass is 9.55. The summed E-state index contributed by atoms with van der Waals surface area (Å²) in [5.74, 6) is 0. The van der Waals surface area contributed by atoms with Crippen LogP contribution in [0.15, 0.2) is 109 Å². The number of nitrogens with one attached hydrogen (secondary N) is 1. The predicted octanol–water partition coefficient (Wildman–Crippen LogP) is 12.1. The molecule has 9 rings (SSSR count). The molecule has 0 amide bonds. The molecule has 0 saturated heterocycles. The molecule has 0 unspecified atom stereocenters. The molecule has 6 aromatic rings. The van der Waals surface area contributed by atoms with E-state index in [0.717, 1.165) is 19.4 Å². The van der Waals surface area contributed by atoms with E-state index in [0.29, 0.717) is 0 Å². The van der Waals surface area contributed by atoms with E-state index in [2.05, 4.69) is 168 Å². The molecule has 3 heteroatoms. The summed E-state index contributed by atoms with van der Waals surface area (Å²) >= 11 is 0. The molecular weight excluding hydrogens is 639 g/mol. The number of rotatable bonds is 7. The van der Waals surface area contributed by atoms with Crippen LogP contribution in [0.4, 0.5) is 28.4 Å². The molecule has 3 aliphatic rings. The molecule has 53 heavy (non-hydrogen) atoms. The van der Waals surface area contributed by atoms with Crippen molar-refractivity contribution in [1.82, 2.24) is 0 Å². The van der Waals surface area contributed by atoms with E-state index >= 15 is 0 Å². The second kappa shape index (κ2) is 12.4. The average molecular weight is 693 g/mol. The Hall–Kier alpha value is -4.76. The topological polar surface area (TPSA) is 15.3 Å². The van der Waals surface area contributed by atoms with Gasteiger partial charge in [-0.3, -0.25) is 0 Å². The third kappa shape index (κ3) is 5.45. The summed E-state index contributed by atoms with van der Waals surface area (Å²) in [4.78, 5) is 2.67. The zero-order valence-corrected chi connectivity index (χ0v) is 32.8. The first-order valence-corrected chi connectivity index (χ1v) is 20.1. The summed E-state index contributed by atoms with van der Waals surface area (Å²) in [7, 11) is 0.912. The third-order valence-electron chi connectivity index (χ3n) is 13.1. The molecule has 266 valence electrons. The standard InChI is InChI=1S/C50H53BN2/c1-8-9-11-17-32-28-37(36-30-39-40(49(4,5)27-26-48(39,2)3)31-42(36)52-34-19-12-10-13-20-34)46-44(29-32)53-43-25-24-33-18-14-15-21-35(33)45(43)50(6,7)38-22-16-23-41(51-46)47(38)53/h10,12-16,18-25,28-31,51-52H,8-9,11,17,26-27H2,1-7H3. The van der Waals surface area contributed by atoms with Crippen LogP contribution in [0, 0.1) is 0 Å². The van der Waals surface area contributed by atoms with E-state index < -0.39 is 0 Å². The maximum atomic E-state index is 3.96. The van der Waals surface area contributed by atoms with E-state index in [1.54, 1.807) is 0 Å². The van der Waals surface area contributed by atoms with Crippen LogP contribution in [-0.4, -0.2) is 7.28 Å². The van der Waals surface area contributed by atoms with Crippen molar-refractivity contribution in [3.8, 4) is 11.1 Å². The second-order valence-corrected chi connectivity index (χ2v) is 17.9. The molecular formula is C50H53BN2. The molecule has 0 aromatic heterocycles. The van der Waals surface area contributed by atoms with Gasteiger partial charge in [0.1, 0.15) is 0 Å². The number of hydrogen-bond donors (Lipinski definition) is 1. The molecule has 0 fully saturated rings. The van der Waals surface area contributed by atoms with Crippen molar-refractivity contribution in [3.63, 3.8) is 0 Å². The Morgan fingerprint density at radius 2 is 1.40 bits per heavy atom. The lowest BCUT2D eigenvalue weighted by molar-refractivity contribution is 0.332. The van der Waals surface area contributed by atoms with Crippen LogP contribution in [0.1, 0.15) is 108 Å². The van der Waals surface area contributed by atoms with Gasteiger partial charge in [0, 0.05) is 33.7 Å². The molecule has 2 heterocycles. The van der Waals surface area contributed by atoms with Crippen LogP contribution >= 0.6 is 0 Å². The Kier molecular flexibility index (Phi) is 7.97. The van der Waals surface area contributed by atoms with Gasteiger partial charge in [-0.25, -0.2) is 0 Å². The van der Waals surface area contributed by atoms with Crippen molar-refractivity contribution in [2.75, 3.05) is 10.2 Å². The summed E-state index contributed by atoms with van der Waals surface area (Å²) in [6, 6.07) is 41.8. The number of aryl methyl sites for hydroxylation is 1. The SMILES string of the molecule is CCCCCc1cc(-c2cc3c(cc2Nc2ccccc2)C(C)(C)CCC3(C)C)c2c(c1)N1c3ccc4ccccc4c3C(C)(C)c3cccc(c31)B2. The highest BCUT2D eigenvalue weighted by atomic mass is 15.2. The number of para-hydroxylation sites is 2. The number of nitrogens with zero attached hydrogens (tertiary/aromatic N) is 1. The molecule has 0 spiro atoms. The van der Waals surface area contributed by atoms with E-state index in [4.69, 9.17) is 0 Å². The van der Waals surface area contributed by atoms with Crippen molar-refractivity contribution in [2.45, 2.75) is 103 Å². The van der Waals surface area contributed by atoms with E-state index in [1.807, 2.05) is 0 Å². The highest BCUT2D eigenvalue weighted by molar-refractivity contribution is 6.73. The highest BCUT2D eigenvalue weighted by Crippen LogP contribution is 2.55. The fourth-order valence-corrected chi connectivity index (χ4v) is 9.98. The maximum Gasteiger partial charge on any atom is 0.198 e. The molecule has 1 N–H and O–H groups in total. The Balaban J connectivity index is 1.35. The van der Waals surface area contributed by atoms with Crippen LogP contribution in [0.5, 0.6) is 0 Å². The van der Waals surface area contributed by atoms with Crippen LogP contribution in [0.25, 0.3) is 21.9 Å². The van der Waals surface area contributed by atoms with Gasteiger partial charge in [0.25, 0.3) is 0 Å². The Morgan fingerprint density at radius 1 is 0.660 bits per heavy atom. The summed E-state index contributed by atoms with van der Waals surface area (Å²) in [6.07, 6.45) is 7.13. The first kappa shape index (κ1) is 34.0. The van der Waals surface area contributed by atoms with E-state index in [-0.39, 0.29) is 16.2 Å². The highest BCUT2D eigenvalue weighted by Gasteiger charge is 2.43. The van der Waals surface area contributed by atoms with E-state index in [9.17, 15) is 0 Å². The minimum absolute atomic E-state index is 0.101. The molecule has 0 bridgehead atoms. The molecule has 2 aliphatic heterocycles. The van der Waals surface area contributed by atoms with Crippen LogP contribution in [0.3, 0.4) is 0 Å². The van der Waals surface area contributed by atoms with Crippen LogP contribution in [0.2, 0.25) is 0 Å². The Bertz CT molecular complexity index is 2400. The zero-order valence-electron chi connectivity index (χ0n) is 32.8. The second-order valence-electron chi connectivity index (χ2n) is 17.9. The van der Waals surface area contributed by atoms with Crippen molar-refractivity contribution in [1.29, 1.82) is 0 Å².